The first-order valence-corrected chi connectivity index (χ1v) is 15.0. The van der Waals surface area contributed by atoms with Crippen LogP contribution >= 0.6 is 0 Å². The van der Waals surface area contributed by atoms with Crippen LogP contribution in [-0.4, -0.2) is 32.5 Å². The summed E-state index contributed by atoms with van der Waals surface area (Å²) in [6.07, 6.45) is 6.94. The predicted molar refractivity (Wildman–Crippen MR) is 163 cm³/mol. The first-order valence-electron chi connectivity index (χ1n) is 15.0. The molecule has 1 fully saturated rings. The van der Waals surface area contributed by atoms with Crippen LogP contribution in [0.15, 0.2) is 64.2 Å². The molecule has 8 nitrogen and oxygen atoms in total. The normalized spacial score (nSPS) is 13.4. The Bertz CT molecular complexity index is 1520. The largest absolute Gasteiger partial charge is 0.476 e. The number of carbonyl (C=O) groups excluding carboxylic acids is 1. The Labute approximate surface area is 247 Å². The van der Waals surface area contributed by atoms with Gasteiger partial charge in [-0.25, -0.2) is 14.3 Å². The van der Waals surface area contributed by atoms with Crippen molar-refractivity contribution in [1.29, 1.82) is 0 Å². The zero-order valence-electron chi connectivity index (χ0n) is 24.9. The maximum absolute atomic E-state index is 13.3. The van der Waals surface area contributed by atoms with Gasteiger partial charge >= 0.3 is 11.7 Å². The van der Waals surface area contributed by atoms with Crippen LogP contribution in [0.5, 0.6) is 5.75 Å². The van der Waals surface area contributed by atoms with E-state index in [1.165, 1.54) is 14.8 Å². The van der Waals surface area contributed by atoms with Crippen molar-refractivity contribution in [2.24, 2.45) is 0 Å². The van der Waals surface area contributed by atoms with E-state index in [9.17, 15) is 14.4 Å². The van der Waals surface area contributed by atoms with E-state index >= 15 is 0 Å². The Morgan fingerprint density at radius 1 is 1.02 bits per heavy atom. The fraction of sp³-hybridized carbons (Fsp3) is 0.471. The summed E-state index contributed by atoms with van der Waals surface area (Å²) in [5.74, 6) is 6.41. The maximum Gasteiger partial charge on any atom is 0.349 e. The molecule has 1 aromatic heterocycles. The van der Waals surface area contributed by atoms with E-state index in [4.69, 9.17) is 9.47 Å². The number of nitrogens with zero attached hydrogens (tertiary/aromatic N) is 3. The lowest BCUT2D eigenvalue weighted by Crippen LogP contribution is -2.44. The average Bonchev–Trinajstić information content (AvgIpc) is 3.51. The van der Waals surface area contributed by atoms with Gasteiger partial charge in [0.15, 0.2) is 5.60 Å². The Morgan fingerprint density at radius 2 is 1.79 bits per heavy atom. The van der Waals surface area contributed by atoms with Gasteiger partial charge in [-0.2, -0.15) is 5.10 Å². The molecule has 1 aliphatic carbocycles. The van der Waals surface area contributed by atoms with Gasteiger partial charge < -0.3 is 9.47 Å². The van der Waals surface area contributed by atoms with Gasteiger partial charge in [0.25, 0.3) is 5.56 Å². The Morgan fingerprint density at radius 3 is 2.52 bits per heavy atom. The van der Waals surface area contributed by atoms with Crippen LogP contribution in [0.25, 0.3) is 0 Å². The summed E-state index contributed by atoms with van der Waals surface area (Å²) in [7, 11) is 0. The third-order valence-corrected chi connectivity index (χ3v) is 7.48. The van der Waals surface area contributed by atoms with Crippen LogP contribution < -0.4 is 16.0 Å². The van der Waals surface area contributed by atoms with Crippen LogP contribution in [0.3, 0.4) is 0 Å². The van der Waals surface area contributed by atoms with Crippen molar-refractivity contribution in [3.8, 4) is 17.6 Å². The van der Waals surface area contributed by atoms with E-state index in [0.29, 0.717) is 31.0 Å². The molecule has 222 valence electrons. The van der Waals surface area contributed by atoms with Crippen molar-refractivity contribution in [3.63, 3.8) is 0 Å². The average molecular weight is 572 g/mol. The molecule has 0 unspecified atom stereocenters. The summed E-state index contributed by atoms with van der Waals surface area (Å²) < 4.78 is 13.8. The summed E-state index contributed by atoms with van der Waals surface area (Å²) in [6, 6.07) is 17.4. The highest BCUT2D eigenvalue weighted by Gasteiger charge is 2.31. The molecule has 0 spiro atoms. The molecule has 8 heteroatoms. The number of aromatic nitrogens is 3. The lowest BCUT2D eigenvalue weighted by Gasteiger charge is -2.24. The number of ether oxygens (including phenoxy) is 2. The van der Waals surface area contributed by atoms with Gasteiger partial charge in [-0.1, -0.05) is 61.1 Å². The van der Waals surface area contributed by atoms with Gasteiger partial charge in [0, 0.05) is 24.4 Å². The molecule has 0 radical (unpaired) electrons. The van der Waals surface area contributed by atoms with Crippen molar-refractivity contribution in [2.75, 3.05) is 6.61 Å². The van der Waals surface area contributed by atoms with E-state index in [1.54, 1.807) is 32.9 Å². The van der Waals surface area contributed by atoms with Gasteiger partial charge in [-0.05, 0) is 76.6 Å². The van der Waals surface area contributed by atoms with E-state index in [0.717, 1.165) is 50.5 Å². The third-order valence-electron chi connectivity index (χ3n) is 7.48. The Balaban J connectivity index is 1.45. The van der Waals surface area contributed by atoms with Gasteiger partial charge in [0.05, 0.1) is 13.2 Å². The predicted octanol–water partition coefficient (Wildman–Crippen LogP) is 5.25. The fourth-order valence-corrected chi connectivity index (χ4v) is 5.23. The van der Waals surface area contributed by atoms with Crippen LogP contribution in [-0.2, 0) is 29.0 Å². The minimum atomic E-state index is -1.13. The maximum atomic E-state index is 13.3. The number of hydrogen-bond acceptors (Lipinski definition) is 6. The molecular formula is C34H41N3O5. The molecule has 42 heavy (non-hydrogen) atoms. The van der Waals surface area contributed by atoms with E-state index in [-0.39, 0.29) is 23.8 Å². The summed E-state index contributed by atoms with van der Waals surface area (Å²) in [4.78, 5) is 38.8. The number of hydrogen-bond donors (Lipinski definition) is 0. The van der Waals surface area contributed by atoms with Crippen molar-refractivity contribution >= 4 is 5.97 Å². The lowest BCUT2D eigenvalue weighted by molar-refractivity contribution is -0.158. The van der Waals surface area contributed by atoms with Crippen molar-refractivity contribution in [3.05, 3.63) is 92.3 Å². The molecular weight excluding hydrogens is 530 g/mol. The molecule has 1 aliphatic rings. The Kier molecular flexibility index (Phi) is 10.8. The minimum Gasteiger partial charge on any atom is -0.476 e. The summed E-state index contributed by atoms with van der Waals surface area (Å²) in [6.45, 7) is 6.04. The number of rotatable bonds is 12. The molecule has 0 bridgehead atoms. The molecule has 0 aliphatic heterocycles. The molecule has 1 heterocycles. The van der Waals surface area contributed by atoms with E-state index < -0.39 is 11.6 Å². The van der Waals surface area contributed by atoms with Crippen LogP contribution in [0, 0.1) is 11.8 Å². The van der Waals surface area contributed by atoms with Gasteiger partial charge in [-0.3, -0.25) is 9.36 Å². The van der Waals surface area contributed by atoms with Gasteiger partial charge in [-0.15, -0.1) is 0 Å². The van der Waals surface area contributed by atoms with E-state index in [2.05, 4.69) is 29.1 Å². The molecule has 0 atom stereocenters. The standard InChI is InChI=1S/C34H41N3O5/c1-4-41-32(39)34(2,3)42-29-22-14-19-27(25-29)18-11-13-24-37-33(40)36(23-12-10-17-26-15-6-5-7-16-26)31(38)30(35-37)28-20-8-9-21-28/h5-7,14-16,19,22,25,28H,4,8-10,12-13,17,20-21,23-24H2,1-3H3. The SMILES string of the molecule is CCOC(=O)C(C)(C)Oc1cccc(C#CCCn2nc(C3CCCC3)c(=O)n(CCCCc3ccccc3)c2=O)c1. The fourth-order valence-electron chi connectivity index (χ4n) is 5.23. The van der Waals surface area contributed by atoms with Gasteiger partial charge in [0.1, 0.15) is 11.4 Å². The quantitative estimate of drug-likeness (QED) is 0.168. The molecule has 0 amide bonds. The highest BCUT2D eigenvalue weighted by atomic mass is 16.6. The number of carbonyl (C=O) groups is 1. The van der Waals surface area contributed by atoms with Gasteiger partial charge in [0.2, 0.25) is 0 Å². The molecule has 4 rings (SSSR count). The molecule has 0 N–H and O–H groups in total. The van der Waals surface area contributed by atoms with Crippen LogP contribution in [0.1, 0.15) is 88.5 Å². The minimum absolute atomic E-state index is 0.104. The first kappa shape index (κ1) is 30.8. The molecule has 1 saturated carbocycles. The van der Waals surface area contributed by atoms with Crippen molar-refractivity contribution < 1.29 is 14.3 Å². The summed E-state index contributed by atoms with van der Waals surface area (Å²) in [5, 5.41) is 4.56. The smallest absolute Gasteiger partial charge is 0.349 e. The molecule has 0 saturated heterocycles. The van der Waals surface area contributed by atoms with Crippen LogP contribution in [0.4, 0.5) is 0 Å². The zero-order chi connectivity index (χ0) is 30.0. The topological polar surface area (TPSA) is 92.4 Å². The zero-order valence-corrected chi connectivity index (χ0v) is 24.9. The number of unbranched alkanes of at least 4 members (excludes halogenated alkanes) is 1. The first-order chi connectivity index (χ1) is 20.3. The summed E-state index contributed by atoms with van der Waals surface area (Å²) in [5.41, 5.74) is 0.745. The lowest BCUT2D eigenvalue weighted by atomic mass is 10.0. The Hall–Kier alpha value is -4.12. The third kappa shape index (κ3) is 8.22. The molecule has 2 aromatic carbocycles. The van der Waals surface area contributed by atoms with Crippen LogP contribution in [0.2, 0.25) is 0 Å². The second-order valence-corrected chi connectivity index (χ2v) is 11.2. The number of benzene rings is 2. The monoisotopic (exact) mass is 571 g/mol. The highest BCUT2D eigenvalue weighted by molar-refractivity contribution is 5.79. The number of aryl methyl sites for hydroxylation is 2. The highest BCUT2D eigenvalue weighted by Crippen LogP contribution is 2.31. The second-order valence-electron chi connectivity index (χ2n) is 11.2. The van der Waals surface area contributed by atoms with Crippen molar-refractivity contribution in [2.45, 2.75) is 96.7 Å². The summed E-state index contributed by atoms with van der Waals surface area (Å²) >= 11 is 0. The van der Waals surface area contributed by atoms with Crippen molar-refractivity contribution in [1.82, 2.24) is 14.3 Å². The number of esters is 1. The second kappa shape index (κ2) is 14.7. The molecule has 3 aromatic rings. The van der Waals surface area contributed by atoms with E-state index in [1.807, 2.05) is 30.3 Å².